The molecular formula is C23H19NO3S. The first-order valence-corrected chi connectivity index (χ1v) is 9.82. The standard InChI is InChI=1S/C23H19NO3S/c25-23-16-22(28-24-23)18-10-12-19(13-11-18)26-15-14-17-6-4-5-9-21(17)27-20-7-2-1-3-8-20/h1-13,16H,14-15H2,(H,24,25). The quantitative estimate of drug-likeness (QED) is 0.453. The maximum atomic E-state index is 11.3. The number of para-hydroxylation sites is 2. The molecule has 1 aromatic heterocycles. The Kier molecular flexibility index (Phi) is 5.54. The average Bonchev–Trinajstić information content (AvgIpc) is 3.17. The Morgan fingerprint density at radius 1 is 0.821 bits per heavy atom. The summed E-state index contributed by atoms with van der Waals surface area (Å²) in [6, 6.07) is 27.1. The summed E-state index contributed by atoms with van der Waals surface area (Å²) in [5.41, 5.74) is 2.02. The van der Waals surface area contributed by atoms with Gasteiger partial charge in [0.15, 0.2) is 0 Å². The third kappa shape index (κ3) is 4.50. The summed E-state index contributed by atoms with van der Waals surface area (Å²) in [7, 11) is 0. The normalized spacial score (nSPS) is 10.6. The van der Waals surface area contributed by atoms with Crippen molar-refractivity contribution < 1.29 is 9.47 Å². The minimum atomic E-state index is -0.0725. The lowest BCUT2D eigenvalue weighted by molar-refractivity contribution is 0.320. The Bertz CT molecular complexity index is 1080. The third-order valence-corrected chi connectivity index (χ3v) is 5.12. The third-order valence-electron chi connectivity index (χ3n) is 4.25. The number of aromatic amines is 1. The van der Waals surface area contributed by atoms with Crippen molar-refractivity contribution in [1.29, 1.82) is 0 Å². The zero-order valence-electron chi connectivity index (χ0n) is 15.1. The van der Waals surface area contributed by atoms with Crippen LogP contribution >= 0.6 is 11.5 Å². The highest BCUT2D eigenvalue weighted by atomic mass is 32.1. The van der Waals surface area contributed by atoms with Crippen LogP contribution < -0.4 is 15.0 Å². The Balaban J connectivity index is 1.37. The molecule has 4 aromatic rings. The Labute approximate surface area is 167 Å². The maximum Gasteiger partial charge on any atom is 0.258 e. The molecular weight excluding hydrogens is 370 g/mol. The van der Waals surface area contributed by atoms with Crippen LogP contribution in [0.1, 0.15) is 5.56 Å². The average molecular weight is 389 g/mol. The van der Waals surface area contributed by atoms with Crippen molar-refractivity contribution in [2.24, 2.45) is 0 Å². The van der Waals surface area contributed by atoms with Crippen LogP contribution in [-0.4, -0.2) is 11.0 Å². The molecule has 140 valence electrons. The first kappa shape index (κ1) is 18.1. The van der Waals surface area contributed by atoms with E-state index in [-0.39, 0.29) is 5.56 Å². The van der Waals surface area contributed by atoms with Gasteiger partial charge in [-0.25, -0.2) is 0 Å². The summed E-state index contributed by atoms with van der Waals surface area (Å²) in [4.78, 5) is 12.2. The summed E-state index contributed by atoms with van der Waals surface area (Å²) in [6.07, 6.45) is 0.740. The summed E-state index contributed by atoms with van der Waals surface area (Å²) >= 11 is 1.33. The van der Waals surface area contributed by atoms with Gasteiger partial charge in [0.2, 0.25) is 0 Å². The number of hydrogen-bond acceptors (Lipinski definition) is 4. The van der Waals surface area contributed by atoms with E-state index in [2.05, 4.69) is 10.4 Å². The number of rotatable bonds is 7. The van der Waals surface area contributed by atoms with Gasteiger partial charge in [-0.05, 0) is 53.6 Å². The molecule has 0 saturated heterocycles. The van der Waals surface area contributed by atoms with E-state index in [0.29, 0.717) is 6.61 Å². The second kappa shape index (κ2) is 8.59. The van der Waals surface area contributed by atoms with Gasteiger partial charge < -0.3 is 9.47 Å². The maximum absolute atomic E-state index is 11.3. The van der Waals surface area contributed by atoms with E-state index in [0.717, 1.165) is 39.7 Å². The highest BCUT2D eigenvalue weighted by Gasteiger charge is 2.06. The van der Waals surface area contributed by atoms with Crippen LogP contribution in [0.5, 0.6) is 17.2 Å². The summed E-state index contributed by atoms with van der Waals surface area (Å²) in [5, 5.41) is 0. The number of hydrogen-bond donors (Lipinski definition) is 1. The molecule has 0 atom stereocenters. The molecule has 0 saturated carbocycles. The van der Waals surface area contributed by atoms with Gasteiger partial charge >= 0.3 is 0 Å². The fraction of sp³-hybridized carbons (Fsp3) is 0.0870. The Morgan fingerprint density at radius 3 is 2.32 bits per heavy atom. The topological polar surface area (TPSA) is 51.3 Å². The van der Waals surface area contributed by atoms with Crippen molar-refractivity contribution in [1.82, 2.24) is 4.37 Å². The molecule has 0 aliphatic heterocycles. The van der Waals surface area contributed by atoms with Crippen molar-refractivity contribution in [2.45, 2.75) is 6.42 Å². The fourth-order valence-corrected chi connectivity index (χ4v) is 3.53. The van der Waals surface area contributed by atoms with Crippen LogP contribution in [-0.2, 0) is 6.42 Å². The summed E-state index contributed by atoms with van der Waals surface area (Å²) in [6.45, 7) is 0.548. The minimum absolute atomic E-state index is 0.0725. The summed E-state index contributed by atoms with van der Waals surface area (Å²) < 4.78 is 14.6. The van der Waals surface area contributed by atoms with Crippen molar-refractivity contribution in [2.75, 3.05) is 6.61 Å². The number of H-pyrrole nitrogens is 1. The molecule has 0 bridgehead atoms. The van der Waals surface area contributed by atoms with E-state index in [4.69, 9.17) is 9.47 Å². The molecule has 0 spiro atoms. The predicted molar refractivity (Wildman–Crippen MR) is 113 cm³/mol. The number of ether oxygens (including phenoxy) is 2. The van der Waals surface area contributed by atoms with Gasteiger partial charge in [0.25, 0.3) is 5.56 Å². The van der Waals surface area contributed by atoms with Crippen LogP contribution in [0.2, 0.25) is 0 Å². The molecule has 4 nitrogen and oxygen atoms in total. The van der Waals surface area contributed by atoms with Gasteiger partial charge in [0, 0.05) is 12.5 Å². The second-order valence-electron chi connectivity index (χ2n) is 6.22. The van der Waals surface area contributed by atoms with Gasteiger partial charge in [-0.3, -0.25) is 9.17 Å². The van der Waals surface area contributed by atoms with Crippen molar-refractivity contribution >= 4 is 11.5 Å². The molecule has 1 N–H and O–H groups in total. The first-order chi connectivity index (χ1) is 13.8. The van der Waals surface area contributed by atoms with Crippen LogP contribution in [0.15, 0.2) is 89.7 Å². The molecule has 4 rings (SSSR count). The number of aromatic nitrogens is 1. The lowest BCUT2D eigenvalue weighted by Gasteiger charge is -2.12. The molecule has 0 fully saturated rings. The van der Waals surface area contributed by atoms with E-state index in [1.54, 1.807) is 6.07 Å². The fourth-order valence-electron chi connectivity index (χ4n) is 2.85. The summed E-state index contributed by atoms with van der Waals surface area (Å²) in [5.74, 6) is 2.46. The SMILES string of the molecule is O=c1cc(-c2ccc(OCCc3ccccc3Oc3ccccc3)cc2)s[nH]1. The molecule has 0 radical (unpaired) electrons. The minimum Gasteiger partial charge on any atom is -0.493 e. The molecule has 0 unspecified atom stereocenters. The van der Waals surface area contributed by atoms with Gasteiger partial charge in [-0.15, -0.1) is 0 Å². The largest absolute Gasteiger partial charge is 0.493 e. The predicted octanol–water partition coefficient (Wildman–Crippen LogP) is 5.52. The molecule has 0 aliphatic carbocycles. The van der Waals surface area contributed by atoms with Crippen LogP contribution in [0.3, 0.4) is 0 Å². The molecule has 0 aliphatic rings. The van der Waals surface area contributed by atoms with Crippen molar-refractivity contribution in [3.05, 3.63) is 101 Å². The van der Waals surface area contributed by atoms with E-state index >= 15 is 0 Å². The van der Waals surface area contributed by atoms with E-state index in [1.165, 1.54) is 11.5 Å². The van der Waals surface area contributed by atoms with Crippen molar-refractivity contribution in [3.8, 4) is 27.7 Å². The zero-order chi connectivity index (χ0) is 19.2. The smallest absolute Gasteiger partial charge is 0.258 e. The first-order valence-electron chi connectivity index (χ1n) is 9.00. The number of nitrogens with one attached hydrogen (secondary N) is 1. The highest BCUT2D eigenvalue weighted by Crippen LogP contribution is 2.26. The molecule has 0 amide bonds. The van der Waals surface area contributed by atoms with E-state index in [1.807, 2.05) is 72.8 Å². The Hall–Kier alpha value is -3.31. The lowest BCUT2D eigenvalue weighted by Crippen LogP contribution is -2.02. The van der Waals surface area contributed by atoms with Crippen molar-refractivity contribution in [3.63, 3.8) is 0 Å². The second-order valence-corrected chi connectivity index (χ2v) is 7.07. The molecule has 1 heterocycles. The van der Waals surface area contributed by atoms with Gasteiger partial charge in [-0.1, -0.05) is 47.9 Å². The van der Waals surface area contributed by atoms with Crippen LogP contribution in [0.4, 0.5) is 0 Å². The van der Waals surface area contributed by atoms with E-state index < -0.39 is 0 Å². The van der Waals surface area contributed by atoms with Gasteiger partial charge in [0.05, 0.1) is 11.5 Å². The molecule has 3 aromatic carbocycles. The highest BCUT2D eigenvalue weighted by molar-refractivity contribution is 7.09. The molecule has 28 heavy (non-hydrogen) atoms. The van der Waals surface area contributed by atoms with E-state index in [9.17, 15) is 4.79 Å². The molecule has 5 heteroatoms. The van der Waals surface area contributed by atoms with Crippen LogP contribution in [0, 0.1) is 0 Å². The monoisotopic (exact) mass is 389 g/mol. The Morgan fingerprint density at radius 2 is 1.57 bits per heavy atom. The van der Waals surface area contributed by atoms with Crippen LogP contribution in [0.25, 0.3) is 10.4 Å². The van der Waals surface area contributed by atoms with Gasteiger partial charge in [0.1, 0.15) is 17.2 Å². The number of benzene rings is 3. The zero-order valence-corrected chi connectivity index (χ0v) is 15.9. The van der Waals surface area contributed by atoms with Gasteiger partial charge in [-0.2, -0.15) is 0 Å². The lowest BCUT2D eigenvalue weighted by atomic mass is 10.1.